The van der Waals surface area contributed by atoms with Gasteiger partial charge < -0.3 is 10.4 Å². The van der Waals surface area contributed by atoms with Crippen molar-refractivity contribution in [3.63, 3.8) is 0 Å². The van der Waals surface area contributed by atoms with Crippen LogP contribution in [-0.2, 0) is 0 Å². The van der Waals surface area contributed by atoms with E-state index in [1.807, 2.05) is 12.1 Å². The van der Waals surface area contributed by atoms with Crippen molar-refractivity contribution < 1.29 is 5.11 Å². The Bertz CT molecular complexity index is 299. The SMILES string of the molecule is CCC(C)CNCC(O)c1ccc(Cl)cc1. The fourth-order valence-electron chi connectivity index (χ4n) is 1.41. The Balaban J connectivity index is 2.35. The van der Waals surface area contributed by atoms with Crippen LogP contribution in [0.2, 0.25) is 5.02 Å². The zero-order valence-corrected chi connectivity index (χ0v) is 10.7. The van der Waals surface area contributed by atoms with Crippen LogP contribution in [0.3, 0.4) is 0 Å². The molecular formula is C13H20ClNO. The first kappa shape index (κ1) is 13.5. The third kappa shape index (κ3) is 4.52. The van der Waals surface area contributed by atoms with Crippen molar-refractivity contribution in [2.24, 2.45) is 5.92 Å². The average Bonchev–Trinajstić information content (AvgIpc) is 2.29. The maximum Gasteiger partial charge on any atom is 0.0914 e. The second-order valence-corrected chi connectivity index (χ2v) is 4.68. The van der Waals surface area contributed by atoms with E-state index in [0.29, 0.717) is 17.5 Å². The van der Waals surface area contributed by atoms with Crippen LogP contribution in [-0.4, -0.2) is 18.2 Å². The van der Waals surface area contributed by atoms with Crippen LogP contribution in [0.1, 0.15) is 31.9 Å². The lowest BCUT2D eigenvalue weighted by molar-refractivity contribution is 0.173. The lowest BCUT2D eigenvalue weighted by Crippen LogP contribution is -2.26. The zero-order chi connectivity index (χ0) is 12.0. The van der Waals surface area contributed by atoms with E-state index in [1.165, 1.54) is 0 Å². The highest BCUT2D eigenvalue weighted by molar-refractivity contribution is 6.30. The number of aliphatic hydroxyl groups excluding tert-OH is 1. The van der Waals surface area contributed by atoms with Crippen LogP contribution in [0.4, 0.5) is 0 Å². The van der Waals surface area contributed by atoms with Gasteiger partial charge in [-0.2, -0.15) is 0 Å². The van der Waals surface area contributed by atoms with Crippen LogP contribution in [0, 0.1) is 5.92 Å². The van der Waals surface area contributed by atoms with E-state index in [9.17, 15) is 5.11 Å². The number of rotatable bonds is 6. The summed E-state index contributed by atoms with van der Waals surface area (Å²) in [5, 5.41) is 13.9. The molecule has 3 heteroatoms. The van der Waals surface area contributed by atoms with Gasteiger partial charge in [0.1, 0.15) is 0 Å². The first-order chi connectivity index (χ1) is 7.63. The molecule has 2 nitrogen and oxygen atoms in total. The predicted molar refractivity (Wildman–Crippen MR) is 68.7 cm³/mol. The van der Waals surface area contributed by atoms with Gasteiger partial charge in [0.05, 0.1) is 6.10 Å². The van der Waals surface area contributed by atoms with Crippen molar-refractivity contribution in [2.75, 3.05) is 13.1 Å². The molecule has 0 heterocycles. The number of hydrogen-bond donors (Lipinski definition) is 2. The van der Waals surface area contributed by atoms with Gasteiger partial charge in [-0.3, -0.25) is 0 Å². The Morgan fingerprint density at radius 3 is 2.44 bits per heavy atom. The van der Waals surface area contributed by atoms with Gasteiger partial charge in [-0.1, -0.05) is 44.0 Å². The molecule has 0 aromatic heterocycles. The minimum absolute atomic E-state index is 0.457. The number of nitrogens with one attached hydrogen (secondary N) is 1. The summed E-state index contributed by atoms with van der Waals surface area (Å²) in [6, 6.07) is 7.32. The van der Waals surface area contributed by atoms with E-state index in [2.05, 4.69) is 19.2 Å². The molecule has 90 valence electrons. The zero-order valence-electron chi connectivity index (χ0n) is 9.91. The van der Waals surface area contributed by atoms with Gasteiger partial charge in [-0.05, 0) is 30.2 Å². The van der Waals surface area contributed by atoms with Crippen LogP contribution < -0.4 is 5.32 Å². The Morgan fingerprint density at radius 1 is 1.25 bits per heavy atom. The molecule has 1 aromatic carbocycles. The molecule has 0 saturated carbocycles. The van der Waals surface area contributed by atoms with Gasteiger partial charge in [0, 0.05) is 11.6 Å². The van der Waals surface area contributed by atoms with E-state index >= 15 is 0 Å². The van der Waals surface area contributed by atoms with Crippen LogP contribution in [0.5, 0.6) is 0 Å². The molecular weight excluding hydrogens is 222 g/mol. The molecule has 1 rings (SSSR count). The fourth-order valence-corrected chi connectivity index (χ4v) is 1.54. The van der Waals surface area contributed by atoms with Gasteiger partial charge in [0.15, 0.2) is 0 Å². The quantitative estimate of drug-likeness (QED) is 0.803. The maximum atomic E-state index is 9.89. The van der Waals surface area contributed by atoms with Crippen molar-refractivity contribution in [1.29, 1.82) is 0 Å². The highest BCUT2D eigenvalue weighted by atomic mass is 35.5. The molecule has 2 atom stereocenters. The molecule has 16 heavy (non-hydrogen) atoms. The molecule has 0 aliphatic rings. The summed E-state index contributed by atoms with van der Waals surface area (Å²) in [5.41, 5.74) is 0.904. The molecule has 0 fully saturated rings. The third-order valence-electron chi connectivity index (χ3n) is 2.78. The summed E-state index contributed by atoms with van der Waals surface area (Å²) in [7, 11) is 0. The number of halogens is 1. The molecule has 0 saturated heterocycles. The second-order valence-electron chi connectivity index (χ2n) is 4.24. The fraction of sp³-hybridized carbons (Fsp3) is 0.538. The molecule has 0 aliphatic carbocycles. The summed E-state index contributed by atoms with van der Waals surface area (Å²) in [4.78, 5) is 0. The summed E-state index contributed by atoms with van der Waals surface area (Å²) in [6.07, 6.45) is 0.700. The van der Waals surface area contributed by atoms with Crippen molar-refractivity contribution >= 4 is 11.6 Å². The number of aliphatic hydroxyl groups is 1. The molecule has 2 unspecified atom stereocenters. The smallest absolute Gasteiger partial charge is 0.0914 e. The first-order valence-corrected chi connectivity index (χ1v) is 6.15. The van der Waals surface area contributed by atoms with Crippen molar-refractivity contribution in [3.05, 3.63) is 34.9 Å². The van der Waals surface area contributed by atoms with Crippen molar-refractivity contribution in [3.8, 4) is 0 Å². The summed E-state index contributed by atoms with van der Waals surface area (Å²) < 4.78 is 0. The lowest BCUT2D eigenvalue weighted by atomic mass is 10.1. The topological polar surface area (TPSA) is 32.3 Å². The van der Waals surface area contributed by atoms with Gasteiger partial charge >= 0.3 is 0 Å². The van der Waals surface area contributed by atoms with Crippen LogP contribution >= 0.6 is 11.6 Å². The lowest BCUT2D eigenvalue weighted by Gasteiger charge is -2.14. The molecule has 2 N–H and O–H groups in total. The van der Waals surface area contributed by atoms with E-state index in [0.717, 1.165) is 18.5 Å². The van der Waals surface area contributed by atoms with E-state index in [-0.39, 0.29) is 0 Å². The minimum Gasteiger partial charge on any atom is -0.387 e. The summed E-state index contributed by atoms with van der Waals surface area (Å²) >= 11 is 5.78. The normalized spacial score (nSPS) is 14.8. The van der Waals surface area contributed by atoms with Gasteiger partial charge in [0.25, 0.3) is 0 Å². The average molecular weight is 242 g/mol. The maximum absolute atomic E-state index is 9.89. The van der Waals surface area contributed by atoms with Crippen molar-refractivity contribution in [1.82, 2.24) is 5.32 Å². The Labute approximate surface area is 103 Å². The van der Waals surface area contributed by atoms with Crippen LogP contribution in [0.15, 0.2) is 24.3 Å². The van der Waals surface area contributed by atoms with Gasteiger partial charge in [-0.15, -0.1) is 0 Å². The Kier molecular flexibility index (Phi) is 5.81. The molecule has 0 radical (unpaired) electrons. The molecule has 0 aliphatic heterocycles. The Morgan fingerprint density at radius 2 is 1.88 bits per heavy atom. The molecule has 0 amide bonds. The monoisotopic (exact) mass is 241 g/mol. The number of benzene rings is 1. The standard InChI is InChI=1S/C13H20ClNO/c1-3-10(2)8-15-9-13(16)11-4-6-12(14)7-5-11/h4-7,10,13,15-16H,3,8-9H2,1-2H3. The highest BCUT2D eigenvalue weighted by Crippen LogP contribution is 2.15. The first-order valence-electron chi connectivity index (χ1n) is 5.77. The number of hydrogen-bond acceptors (Lipinski definition) is 2. The molecule has 0 spiro atoms. The van der Waals surface area contributed by atoms with E-state index in [4.69, 9.17) is 11.6 Å². The third-order valence-corrected chi connectivity index (χ3v) is 3.03. The second kappa shape index (κ2) is 6.89. The van der Waals surface area contributed by atoms with Gasteiger partial charge in [0.2, 0.25) is 0 Å². The van der Waals surface area contributed by atoms with Crippen LogP contribution in [0.25, 0.3) is 0 Å². The predicted octanol–water partition coefficient (Wildman–Crippen LogP) is 3.01. The summed E-state index contributed by atoms with van der Waals surface area (Å²) in [6.45, 7) is 5.90. The van der Waals surface area contributed by atoms with Crippen molar-refractivity contribution in [2.45, 2.75) is 26.4 Å². The molecule has 1 aromatic rings. The summed E-state index contributed by atoms with van der Waals surface area (Å²) in [5.74, 6) is 0.650. The van der Waals surface area contributed by atoms with E-state index in [1.54, 1.807) is 12.1 Å². The van der Waals surface area contributed by atoms with E-state index < -0.39 is 6.10 Å². The van der Waals surface area contributed by atoms with Gasteiger partial charge in [-0.25, -0.2) is 0 Å². The highest BCUT2D eigenvalue weighted by Gasteiger charge is 2.07. The Hall–Kier alpha value is -0.570. The minimum atomic E-state index is -0.457. The largest absolute Gasteiger partial charge is 0.387 e. The molecule has 0 bridgehead atoms.